The van der Waals surface area contributed by atoms with Crippen molar-refractivity contribution in [3.63, 3.8) is 0 Å². The molecule has 5 rings (SSSR count). The number of piperidine rings is 1. The minimum Gasteiger partial charge on any atom is -0.378 e. The van der Waals surface area contributed by atoms with Crippen LogP contribution in [0.3, 0.4) is 0 Å². The zero-order valence-corrected chi connectivity index (χ0v) is 19.9. The number of anilines is 1. The number of nitrogens with zero attached hydrogens (tertiary/aromatic N) is 3. The molecule has 3 aromatic rings. The Labute approximate surface area is 208 Å². The lowest BCUT2D eigenvalue weighted by molar-refractivity contribution is -0.137. The Morgan fingerprint density at radius 1 is 0.944 bits per heavy atom. The molecule has 0 N–H and O–H groups in total. The maximum Gasteiger partial charge on any atom is 0.416 e. The van der Waals surface area contributed by atoms with Gasteiger partial charge in [-0.15, -0.1) is 0 Å². The van der Waals surface area contributed by atoms with E-state index in [-0.39, 0.29) is 11.8 Å². The molecule has 0 aliphatic carbocycles. The highest BCUT2D eigenvalue weighted by Crippen LogP contribution is 2.33. The lowest BCUT2D eigenvalue weighted by Gasteiger charge is -2.33. The van der Waals surface area contributed by atoms with E-state index < -0.39 is 11.7 Å². The average molecular weight is 496 g/mol. The van der Waals surface area contributed by atoms with Gasteiger partial charge in [-0.1, -0.05) is 24.3 Å². The molecular weight excluding hydrogens is 467 g/mol. The van der Waals surface area contributed by atoms with Crippen molar-refractivity contribution in [2.45, 2.75) is 24.9 Å². The molecule has 2 fully saturated rings. The molecule has 1 unspecified atom stereocenters. The Bertz CT molecular complexity index is 1220. The highest BCUT2D eigenvalue weighted by Gasteiger charge is 2.31. The molecule has 2 aromatic carbocycles. The smallest absolute Gasteiger partial charge is 0.378 e. The summed E-state index contributed by atoms with van der Waals surface area (Å²) in [5.41, 5.74) is 2.71. The van der Waals surface area contributed by atoms with Crippen molar-refractivity contribution in [2.75, 3.05) is 44.3 Å². The summed E-state index contributed by atoms with van der Waals surface area (Å²) >= 11 is 0. The number of ether oxygens (including phenoxy) is 1. The third-order valence-electron chi connectivity index (χ3n) is 6.85. The van der Waals surface area contributed by atoms with Gasteiger partial charge in [0.15, 0.2) is 0 Å². The number of halogens is 3. The summed E-state index contributed by atoms with van der Waals surface area (Å²) in [7, 11) is 0. The first kappa shape index (κ1) is 24.3. The summed E-state index contributed by atoms with van der Waals surface area (Å²) in [6.07, 6.45) is -2.69. The molecule has 36 heavy (non-hydrogen) atoms. The van der Waals surface area contributed by atoms with Crippen LogP contribution in [0.25, 0.3) is 11.3 Å². The fourth-order valence-corrected chi connectivity index (χ4v) is 4.94. The number of benzene rings is 2. The van der Waals surface area contributed by atoms with Gasteiger partial charge in [0.2, 0.25) is 0 Å². The van der Waals surface area contributed by atoms with E-state index in [4.69, 9.17) is 9.72 Å². The van der Waals surface area contributed by atoms with Crippen molar-refractivity contribution in [2.24, 2.45) is 0 Å². The van der Waals surface area contributed by atoms with Crippen LogP contribution in [0.5, 0.6) is 0 Å². The van der Waals surface area contributed by atoms with E-state index in [1.54, 1.807) is 12.1 Å². The van der Waals surface area contributed by atoms with E-state index in [0.717, 1.165) is 49.4 Å². The molecule has 3 heterocycles. The molecule has 2 aliphatic heterocycles. The molecule has 0 spiro atoms. The third-order valence-corrected chi connectivity index (χ3v) is 6.85. The quantitative estimate of drug-likeness (QED) is 0.471. The van der Waals surface area contributed by atoms with E-state index in [1.807, 2.05) is 41.3 Å². The van der Waals surface area contributed by atoms with Crippen LogP contribution in [0.2, 0.25) is 0 Å². The van der Waals surface area contributed by atoms with Crippen LogP contribution in [0.4, 0.5) is 18.9 Å². The van der Waals surface area contributed by atoms with Gasteiger partial charge in [-0.2, -0.15) is 13.2 Å². The number of rotatable bonds is 4. The van der Waals surface area contributed by atoms with Crippen molar-refractivity contribution in [1.82, 2.24) is 9.88 Å². The second-order valence-corrected chi connectivity index (χ2v) is 9.27. The van der Waals surface area contributed by atoms with E-state index in [2.05, 4.69) is 4.90 Å². The highest BCUT2D eigenvalue weighted by atomic mass is 19.4. The minimum absolute atomic E-state index is 0.0103. The van der Waals surface area contributed by atoms with E-state index >= 15 is 0 Å². The second-order valence-electron chi connectivity index (χ2n) is 9.27. The molecule has 0 bridgehead atoms. The number of pyridine rings is 1. The molecule has 0 radical (unpaired) electrons. The first-order chi connectivity index (χ1) is 17.4. The van der Waals surface area contributed by atoms with Crippen molar-refractivity contribution in [3.8, 4) is 11.3 Å². The number of alkyl halides is 3. The Balaban J connectivity index is 1.32. The van der Waals surface area contributed by atoms with Gasteiger partial charge < -0.3 is 14.5 Å². The van der Waals surface area contributed by atoms with Gasteiger partial charge >= 0.3 is 6.18 Å². The predicted molar refractivity (Wildman–Crippen MR) is 132 cm³/mol. The summed E-state index contributed by atoms with van der Waals surface area (Å²) < 4.78 is 45.0. The SMILES string of the molecule is O=C(c1cccc(N2CCOCC2)c1)N1CCCC(c2cccc(-c3cccc(C(F)(F)F)c3)n2)C1. The summed E-state index contributed by atoms with van der Waals surface area (Å²) in [4.78, 5) is 22.2. The number of carbonyl (C=O) groups excluding carboxylic acids is 1. The maximum atomic E-state index is 13.4. The fourth-order valence-electron chi connectivity index (χ4n) is 4.94. The molecular formula is C28H28F3N3O2. The number of hydrogen-bond donors (Lipinski definition) is 0. The number of carbonyl (C=O) groups is 1. The fraction of sp³-hybridized carbons (Fsp3) is 0.357. The van der Waals surface area contributed by atoms with Crippen LogP contribution in [0.1, 0.15) is 40.4 Å². The Kier molecular flexibility index (Phi) is 6.96. The van der Waals surface area contributed by atoms with Gasteiger partial charge in [-0.25, -0.2) is 0 Å². The molecule has 8 heteroatoms. The van der Waals surface area contributed by atoms with Gasteiger partial charge in [-0.3, -0.25) is 9.78 Å². The topological polar surface area (TPSA) is 45.7 Å². The van der Waals surface area contributed by atoms with E-state index in [1.165, 1.54) is 6.07 Å². The number of morpholine rings is 1. The Morgan fingerprint density at radius 2 is 1.72 bits per heavy atom. The standard InChI is InChI=1S/C28H28F3N3O2/c29-28(30,31)23-8-1-5-20(17-23)25-10-3-11-26(32-25)22-7-4-12-34(19-22)27(35)21-6-2-9-24(18-21)33-13-15-36-16-14-33/h1-3,5-6,8-11,17-18,22H,4,7,12-16,19H2. The van der Waals surface area contributed by atoms with Crippen molar-refractivity contribution < 1.29 is 22.7 Å². The molecule has 188 valence electrons. The maximum absolute atomic E-state index is 13.4. The average Bonchev–Trinajstić information content (AvgIpc) is 2.93. The van der Waals surface area contributed by atoms with Crippen LogP contribution >= 0.6 is 0 Å². The Hall–Kier alpha value is -3.39. The van der Waals surface area contributed by atoms with Gasteiger partial charge in [0.1, 0.15) is 0 Å². The van der Waals surface area contributed by atoms with Crippen LogP contribution in [0.15, 0.2) is 66.7 Å². The lowest BCUT2D eigenvalue weighted by Crippen LogP contribution is -2.39. The molecule has 2 saturated heterocycles. The van der Waals surface area contributed by atoms with Crippen molar-refractivity contribution >= 4 is 11.6 Å². The summed E-state index contributed by atoms with van der Waals surface area (Å²) in [5, 5.41) is 0. The van der Waals surface area contributed by atoms with E-state index in [9.17, 15) is 18.0 Å². The monoisotopic (exact) mass is 495 g/mol. The minimum atomic E-state index is -4.41. The third kappa shape index (κ3) is 5.38. The van der Waals surface area contributed by atoms with Gasteiger partial charge in [0, 0.05) is 54.6 Å². The summed E-state index contributed by atoms with van der Waals surface area (Å²) in [6.45, 7) is 4.16. The van der Waals surface area contributed by atoms with Gasteiger partial charge in [0.25, 0.3) is 5.91 Å². The summed E-state index contributed by atoms with van der Waals surface area (Å²) in [6, 6.07) is 18.4. The molecule has 0 saturated carbocycles. The number of amides is 1. The van der Waals surface area contributed by atoms with Gasteiger partial charge in [0.05, 0.1) is 24.5 Å². The molecule has 5 nitrogen and oxygen atoms in total. The highest BCUT2D eigenvalue weighted by molar-refractivity contribution is 5.95. The number of likely N-dealkylation sites (tertiary alicyclic amines) is 1. The van der Waals surface area contributed by atoms with Crippen LogP contribution < -0.4 is 4.90 Å². The zero-order chi connectivity index (χ0) is 25.1. The summed E-state index contributed by atoms with van der Waals surface area (Å²) in [5.74, 6) is 0.0136. The predicted octanol–water partition coefficient (Wildman–Crippen LogP) is 5.62. The van der Waals surface area contributed by atoms with Crippen LogP contribution in [-0.4, -0.2) is 55.2 Å². The lowest BCUT2D eigenvalue weighted by atomic mass is 9.93. The Morgan fingerprint density at radius 3 is 2.53 bits per heavy atom. The number of aromatic nitrogens is 1. The van der Waals surface area contributed by atoms with Crippen LogP contribution in [0, 0.1) is 0 Å². The van der Waals surface area contributed by atoms with Crippen molar-refractivity contribution in [1.29, 1.82) is 0 Å². The largest absolute Gasteiger partial charge is 0.416 e. The van der Waals surface area contributed by atoms with Gasteiger partial charge in [-0.05, 0) is 55.3 Å². The normalized spacial score (nSPS) is 18.8. The first-order valence-electron chi connectivity index (χ1n) is 12.2. The molecule has 1 amide bonds. The molecule has 1 aromatic heterocycles. The molecule has 2 aliphatic rings. The first-order valence-corrected chi connectivity index (χ1v) is 12.2. The number of hydrogen-bond acceptors (Lipinski definition) is 4. The van der Waals surface area contributed by atoms with Crippen molar-refractivity contribution in [3.05, 3.63) is 83.6 Å². The van der Waals surface area contributed by atoms with E-state index in [0.29, 0.717) is 43.1 Å². The zero-order valence-electron chi connectivity index (χ0n) is 19.9. The van der Waals surface area contributed by atoms with Crippen LogP contribution in [-0.2, 0) is 10.9 Å². The second kappa shape index (κ2) is 10.3. The molecule has 1 atom stereocenters.